The summed E-state index contributed by atoms with van der Waals surface area (Å²) in [6.07, 6.45) is 4.47. The van der Waals surface area contributed by atoms with Crippen LogP contribution in [0.25, 0.3) is 0 Å². The van der Waals surface area contributed by atoms with E-state index < -0.39 is 0 Å². The van der Waals surface area contributed by atoms with Gasteiger partial charge in [-0.25, -0.2) is 0 Å². The van der Waals surface area contributed by atoms with Gasteiger partial charge in [-0.2, -0.15) is 0 Å². The van der Waals surface area contributed by atoms with Gasteiger partial charge in [0.2, 0.25) is 0 Å². The molecule has 0 spiro atoms. The average molecular weight is 326 g/mol. The van der Waals surface area contributed by atoms with Gasteiger partial charge in [-0.15, -0.1) is 0 Å². The van der Waals surface area contributed by atoms with Gasteiger partial charge in [-0.1, -0.05) is 30.3 Å². The summed E-state index contributed by atoms with van der Waals surface area (Å²) in [5, 5.41) is 0. The van der Waals surface area contributed by atoms with Crippen molar-refractivity contribution in [2.24, 2.45) is 0 Å². The Morgan fingerprint density at radius 2 is 1.62 bits per heavy atom. The average Bonchev–Trinajstić information content (AvgIpc) is 2.55. The van der Waals surface area contributed by atoms with Gasteiger partial charge in [0.05, 0.1) is 12.2 Å². The third-order valence-electron chi connectivity index (χ3n) is 4.21. The number of aryl methyl sites for hydroxylation is 1. The largest absolute Gasteiger partial charge is 0.457 e. The Kier molecular flexibility index (Phi) is 5.89. The van der Waals surface area contributed by atoms with E-state index in [0.717, 1.165) is 37.2 Å². The monoisotopic (exact) mass is 326 g/mol. The van der Waals surface area contributed by atoms with Crippen molar-refractivity contribution in [1.82, 2.24) is 0 Å². The molecular formula is C21H26O3. The molecular weight excluding hydrogens is 300 g/mol. The van der Waals surface area contributed by atoms with Gasteiger partial charge in [-0.3, -0.25) is 0 Å². The molecule has 3 rings (SSSR count). The van der Waals surface area contributed by atoms with Crippen LogP contribution in [0.1, 0.15) is 38.7 Å². The highest BCUT2D eigenvalue weighted by Crippen LogP contribution is 2.24. The Morgan fingerprint density at radius 1 is 0.917 bits per heavy atom. The molecule has 0 aliphatic carbocycles. The Balaban J connectivity index is 1.50. The molecule has 0 radical (unpaired) electrons. The second-order valence-corrected chi connectivity index (χ2v) is 6.51. The Labute approximate surface area is 144 Å². The highest BCUT2D eigenvalue weighted by atomic mass is 16.7. The van der Waals surface area contributed by atoms with Crippen LogP contribution >= 0.6 is 0 Å². The molecule has 128 valence electrons. The molecule has 0 N–H and O–H groups in total. The van der Waals surface area contributed by atoms with E-state index in [1.54, 1.807) is 0 Å². The van der Waals surface area contributed by atoms with Crippen LogP contribution in [-0.2, 0) is 15.9 Å². The molecule has 1 saturated heterocycles. The first-order valence-electron chi connectivity index (χ1n) is 8.82. The maximum absolute atomic E-state index is 5.89. The molecule has 2 unspecified atom stereocenters. The Hall–Kier alpha value is -1.84. The lowest BCUT2D eigenvalue weighted by molar-refractivity contribution is -0.236. The molecule has 1 aliphatic rings. The van der Waals surface area contributed by atoms with Crippen LogP contribution in [0.2, 0.25) is 0 Å². The van der Waals surface area contributed by atoms with E-state index in [0.29, 0.717) is 12.2 Å². The van der Waals surface area contributed by atoms with Gasteiger partial charge in [-0.05, 0) is 69.4 Å². The third-order valence-corrected chi connectivity index (χ3v) is 4.21. The van der Waals surface area contributed by atoms with E-state index >= 15 is 0 Å². The van der Waals surface area contributed by atoms with Gasteiger partial charge in [0.15, 0.2) is 6.29 Å². The minimum Gasteiger partial charge on any atom is -0.457 e. The van der Waals surface area contributed by atoms with Crippen molar-refractivity contribution in [2.45, 2.75) is 58.0 Å². The van der Waals surface area contributed by atoms with E-state index in [1.807, 2.05) is 42.5 Å². The zero-order valence-electron chi connectivity index (χ0n) is 14.5. The summed E-state index contributed by atoms with van der Waals surface area (Å²) >= 11 is 0. The van der Waals surface area contributed by atoms with E-state index in [1.165, 1.54) is 5.56 Å². The first kappa shape index (κ1) is 17.0. The van der Waals surface area contributed by atoms with E-state index in [9.17, 15) is 0 Å². The van der Waals surface area contributed by atoms with Gasteiger partial charge >= 0.3 is 0 Å². The van der Waals surface area contributed by atoms with Gasteiger partial charge in [0.25, 0.3) is 0 Å². The zero-order chi connectivity index (χ0) is 16.8. The van der Waals surface area contributed by atoms with E-state index in [4.69, 9.17) is 14.2 Å². The van der Waals surface area contributed by atoms with Crippen LogP contribution in [0.5, 0.6) is 11.5 Å². The summed E-state index contributed by atoms with van der Waals surface area (Å²) in [5.74, 6) is 1.74. The van der Waals surface area contributed by atoms with Gasteiger partial charge in [0, 0.05) is 0 Å². The summed E-state index contributed by atoms with van der Waals surface area (Å²) in [4.78, 5) is 0. The summed E-state index contributed by atoms with van der Waals surface area (Å²) in [6.45, 7) is 4.24. The number of hydrogen-bond donors (Lipinski definition) is 0. The molecule has 24 heavy (non-hydrogen) atoms. The molecule has 3 nitrogen and oxygen atoms in total. The molecule has 3 heteroatoms. The maximum atomic E-state index is 5.89. The predicted octanol–water partition coefficient (Wildman–Crippen LogP) is 5.34. The van der Waals surface area contributed by atoms with Crippen molar-refractivity contribution in [3.63, 3.8) is 0 Å². The molecule has 0 aromatic heterocycles. The fraction of sp³-hybridized carbons (Fsp3) is 0.429. The quantitative estimate of drug-likeness (QED) is 0.717. The van der Waals surface area contributed by atoms with Crippen LogP contribution in [0.15, 0.2) is 54.6 Å². The van der Waals surface area contributed by atoms with E-state index in [2.05, 4.69) is 26.0 Å². The van der Waals surface area contributed by atoms with Crippen LogP contribution in [0.3, 0.4) is 0 Å². The number of para-hydroxylation sites is 1. The third kappa shape index (κ3) is 5.08. The lowest BCUT2D eigenvalue weighted by Gasteiger charge is -2.32. The summed E-state index contributed by atoms with van der Waals surface area (Å²) in [6, 6.07) is 18.2. The van der Waals surface area contributed by atoms with Crippen molar-refractivity contribution in [2.75, 3.05) is 0 Å². The van der Waals surface area contributed by atoms with Crippen molar-refractivity contribution in [1.29, 1.82) is 0 Å². The van der Waals surface area contributed by atoms with E-state index in [-0.39, 0.29) is 6.29 Å². The predicted molar refractivity (Wildman–Crippen MR) is 95.4 cm³/mol. The van der Waals surface area contributed by atoms with Gasteiger partial charge < -0.3 is 14.2 Å². The summed E-state index contributed by atoms with van der Waals surface area (Å²) in [7, 11) is 0. The summed E-state index contributed by atoms with van der Waals surface area (Å²) in [5.41, 5.74) is 1.28. The smallest absolute Gasteiger partial charge is 0.158 e. The minimum atomic E-state index is -0.0625. The van der Waals surface area contributed by atoms with Crippen LogP contribution < -0.4 is 4.74 Å². The second kappa shape index (κ2) is 8.32. The molecule has 2 aromatic carbocycles. The number of benzene rings is 2. The highest BCUT2D eigenvalue weighted by Gasteiger charge is 2.24. The molecule has 0 amide bonds. The first-order chi connectivity index (χ1) is 11.7. The summed E-state index contributed by atoms with van der Waals surface area (Å²) < 4.78 is 17.6. The Morgan fingerprint density at radius 3 is 2.38 bits per heavy atom. The second-order valence-electron chi connectivity index (χ2n) is 6.51. The van der Waals surface area contributed by atoms with Gasteiger partial charge in [0.1, 0.15) is 11.5 Å². The van der Waals surface area contributed by atoms with Crippen LogP contribution in [0.4, 0.5) is 0 Å². The minimum absolute atomic E-state index is 0.0625. The SMILES string of the molecule is CC1CC(C)OC(CCCc2cccc(Oc3ccccc3)c2)O1. The number of rotatable bonds is 6. The molecule has 2 atom stereocenters. The lowest BCUT2D eigenvalue weighted by atomic mass is 10.1. The van der Waals surface area contributed by atoms with Crippen molar-refractivity contribution in [3.05, 3.63) is 60.2 Å². The fourth-order valence-corrected chi connectivity index (χ4v) is 3.13. The van der Waals surface area contributed by atoms with Crippen LogP contribution in [-0.4, -0.2) is 18.5 Å². The zero-order valence-corrected chi connectivity index (χ0v) is 14.5. The van der Waals surface area contributed by atoms with Crippen molar-refractivity contribution < 1.29 is 14.2 Å². The van der Waals surface area contributed by atoms with Crippen molar-refractivity contribution >= 4 is 0 Å². The molecule has 2 aromatic rings. The first-order valence-corrected chi connectivity index (χ1v) is 8.82. The fourth-order valence-electron chi connectivity index (χ4n) is 3.13. The van der Waals surface area contributed by atoms with Crippen molar-refractivity contribution in [3.8, 4) is 11.5 Å². The molecule has 1 aliphatic heterocycles. The molecule has 1 fully saturated rings. The normalized spacial score (nSPS) is 23.8. The maximum Gasteiger partial charge on any atom is 0.158 e. The topological polar surface area (TPSA) is 27.7 Å². The number of hydrogen-bond acceptors (Lipinski definition) is 3. The lowest BCUT2D eigenvalue weighted by Crippen LogP contribution is -2.35. The molecule has 0 saturated carbocycles. The van der Waals surface area contributed by atoms with Crippen LogP contribution in [0, 0.1) is 0 Å². The number of ether oxygens (including phenoxy) is 3. The molecule has 1 heterocycles. The molecule has 0 bridgehead atoms. The Bertz CT molecular complexity index is 616. The standard InChI is InChI=1S/C21H26O3/c1-16-14-17(2)23-21(22-16)13-7-9-18-8-6-12-20(15-18)24-19-10-4-3-5-11-19/h3-6,8,10-12,15-17,21H,7,9,13-14H2,1-2H3. The highest BCUT2D eigenvalue weighted by molar-refractivity contribution is 5.33.